The van der Waals surface area contributed by atoms with Gasteiger partial charge in [-0.3, -0.25) is 19.3 Å². The van der Waals surface area contributed by atoms with Gasteiger partial charge in [-0.25, -0.2) is 0 Å². The Bertz CT molecular complexity index is 1010. The van der Waals surface area contributed by atoms with Gasteiger partial charge in [-0.15, -0.1) is 0 Å². The Hall–Kier alpha value is -3.41. The van der Waals surface area contributed by atoms with Crippen LogP contribution in [0.4, 0.5) is 11.4 Å². The molecule has 0 unspecified atom stereocenters. The number of rotatable bonds is 6. The van der Waals surface area contributed by atoms with E-state index in [1.165, 1.54) is 11.8 Å². The third-order valence-corrected chi connectivity index (χ3v) is 4.89. The Morgan fingerprint density at radius 1 is 0.931 bits per heavy atom. The molecule has 2 N–H and O–H groups in total. The van der Waals surface area contributed by atoms with Crippen molar-refractivity contribution in [1.29, 1.82) is 0 Å². The minimum absolute atomic E-state index is 0.171. The maximum atomic E-state index is 13.0. The van der Waals surface area contributed by atoms with Gasteiger partial charge in [0.05, 0.1) is 5.57 Å². The van der Waals surface area contributed by atoms with Crippen LogP contribution in [0, 0.1) is 13.8 Å². The summed E-state index contributed by atoms with van der Waals surface area (Å²) in [6, 6.07) is 12.8. The molecule has 0 radical (unpaired) electrons. The zero-order valence-corrected chi connectivity index (χ0v) is 17.1. The summed E-state index contributed by atoms with van der Waals surface area (Å²) in [7, 11) is 0. The smallest absolute Gasteiger partial charge is 0.278 e. The molecule has 0 aliphatic carbocycles. The van der Waals surface area contributed by atoms with Gasteiger partial charge in [0.15, 0.2) is 0 Å². The molecule has 6 heteroatoms. The zero-order chi connectivity index (χ0) is 21.1. The summed E-state index contributed by atoms with van der Waals surface area (Å²) in [5.41, 5.74) is 4.89. The van der Waals surface area contributed by atoms with Crippen LogP contribution in [0.5, 0.6) is 0 Å². The molecule has 1 aliphatic rings. The summed E-state index contributed by atoms with van der Waals surface area (Å²) < 4.78 is 0. The lowest BCUT2D eigenvalue weighted by Crippen LogP contribution is -2.33. The van der Waals surface area contributed by atoms with Crippen molar-refractivity contribution in [3.05, 3.63) is 64.9 Å². The first-order valence-corrected chi connectivity index (χ1v) is 9.64. The van der Waals surface area contributed by atoms with Gasteiger partial charge in [-0.1, -0.05) is 25.1 Å². The fraction of sp³-hybridized carbons (Fsp3) is 0.261. The maximum absolute atomic E-state index is 13.0. The fourth-order valence-electron chi connectivity index (χ4n) is 3.27. The van der Waals surface area contributed by atoms with E-state index >= 15 is 0 Å². The maximum Gasteiger partial charge on any atom is 0.278 e. The van der Waals surface area contributed by atoms with Gasteiger partial charge in [-0.2, -0.15) is 0 Å². The van der Waals surface area contributed by atoms with Crippen LogP contribution in [-0.2, 0) is 14.4 Å². The van der Waals surface area contributed by atoms with Crippen LogP contribution in [0.3, 0.4) is 0 Å². The number of nitrogens with one attached hydrogen (secondary N) is 2. The van der Waals surface area contributed by atoms with Crippen LogP contribution < -0.4 is 10.6 Å². The fourth-order valence-corrected chi connectivity index (χ4v) is 3.27. The highest BCUT2D eigenvalue weighted by Crippen LogP contribution is 2.31. The Balaban J connectivity index is 2.03. The molecule has 6 nitrogen and oxygen atoms in total. The van der Waals surface area contributed by atoms with E-state index in [2.05, 4.69) is 10.6 Å². The quantitative estimate of drug-likeness (QED) is 0.733. The van der Waals surface area contributed by atoms with Gasteiger partial charge in [0.2, 0.25) is 5.91 Å². The highest BCUT2D eigenvalue weighted by atomic mass is 16.2. The first kappa shape index (κ1) is 20.3. The second kappa shape index (κ2) is 8.31. The molecule has 3 rings (SSSR count). The number of anilines is 2. The molecule has 0 saturated heterocycles. The van der Waals surface area contributed by atoms with E-state index in [4.69, 9.17) is 0 Å². The van der Waals surface area contributed by atoms with Gasteiger partial charge < -0.3 is 10.6 Å². The van der Waals surface area contributed by atoms with Crippen molar-refractivity contribution >= 4 is 34.7 Å². The molecule has 2 aromatic carbocycles. The second-order valence-corrected chi connectivity index (χ2v) is 7.19. The number of carbonyl (C=O) groups excluding carboxylic acids is 3. The van der Waals surface area contributed by atoms with E-state index < -0.39 is 0 Å². The SMILES string of the molecule is CCCN1C(=O)C(Nc2ccc(C)c(C)c2)=C(c2ccc(NC(C)=O)cc2)C1=O. The molecule has 2 aromatic rings. The molecule has 29 heavy (non-hydrogen) atoms. The van der Waals surface area contributed by atoms with Gasteiger partial charge in [0, 0.05) is 24.8 Å². The molecule has 0 spiro atoms. The molecule has 1 aliphatic heterocycles. The van der Waals surface area contributed by atoms with Crippen LogP contribution in [0.25, 0.3) is 5.57 Å². The Labute approximate surface area is 170 Å². The van der Waals surface area contributed by atoms with Gasteiger partial charge in [0.25, 0.3) is 11.8 Å². The second-order valence-electron chi connectivity index (χ2n) is 7.19. The summed E-state index contributed by atoms with van der Waals surface area (Å²) in [6.45, 7) is 7.75. The number of hydrogen-bond acceptors (Lipinski definition) is 4. The standard InChI is InChI=1S/C23H25N3O3/c1-5-12-26-22(28)20(17-7-10-18(11-8-17)24-16(4)27)21(23(26)29)25-19-9-6-14(2)15(3)13-19/h6-11,13,25H,5,12H2,1-4H3,(H,24,27). The number of hydrogen-bond donors (Lipinski definition) is 2. The first-order valence-electron chi connectivity index (χ1n) is 9.64. The molecule has 0 aromatic heterocycles. The molecular weight excluding hydrogens is 366 g/mol. The predicted molar refractivity (Wildman–Crippen MR) is 114 cm³/mol. The average molecular weight is 391 g/mol. The normalized spacial score (nSPS) is 13.9. The number of nitrogens with zero attached hydrogens (tertiary/aromatic N) is 1. The molecule has 150 valence electrons. The molecule has 0 atom stereocenters. The Morgan fingerprint density at radius 2 is 1.59 bits per heavy atom. The lowest BCUT2D eigenvalue weighted by Gasteiger charge is -2.14. The predicted octanol–water partition coefficient (Wildman–Crippen LogP) is 3.86. The lowest BCUT2D eigenvalue weighted by molar-refractivity contribution is -0.136. The first-order chi connectivity index (χ1) is 13.8. The van der Waals surface area contributed by atoms with Crippen molar-refractivity contribution in [2.24, 2.45) is 0 Å². The summed E-state index contributed by atoms with van der Waals surface area (Å²) >= 11 is 0. The Morgan fingerprint density at radius 3 is 2.17 bits per heavy atom. The van der Waals surface area contributed by atoms with E-state index in [-0.39, 0.29) is 23.4 Å². The summed E-state index contributed by atoms with van der Waals surface area (Å²) in [5, 5.41) is 5.87. The minimum atomic E-state index is -0.323. The summed E-state index contributed by atoms with van der Waals surface area (Å²) in [5.74, 6) is -0.804. The molecule has 3 amide bonds. The summed E-state index contributed by atoms with van der Waals surface area (Å²) in [4.78, 5) is 38.5. The molecule has 0 saturated carbocycles. The molecule has 1 heterocycles. The van der Waals surface area contributed by atoms with E-state index in [0.717, 1.165) is 16.8 Å². The van der Waals surface area contributed by atoms with Gasteiger partial charge >= 0.3 is 0 Å². The highest BCUT2D eigenvalue weighted by Gasteiger charge is 2.38. The number of amides is 3. The third kappa shape index (κ3) is 4.21. The van der Waals surface area contributed by atoms with Crippen LogP contribution in [0.2, 0.25) is 0 Å². The van der Waals surface area contributed by atoms with Crippen LogP contribution >= 0.6 is 0 Å². The minimum Gasteiger partial charge on any atom is -0.350 e. The van der Waals surface area contributed by atoms with Crippen molar-refractivity contribution in [2.45, 2.75) is 34.1 Å². The number of benzene rings is 2. The zero-order valence-electron chi connectivity index (χ0n) is 17.1. The Kier molecular flexibility index (Phi) is 5.82. The summed E-state index contributed by atoms with van der Waals surface area (Å²) in [6.07, 6.45) is 0.684. The van der Waals surface area contributed by atoms with Crippen LogP contribution in [0.1, 0.15) is 37.0 Å². The number of aryl methyl sites for hydroxylation is 2. The van der Waals surface area contributed by atoms with Crippen molar-refractivity contribution in [3.63, 3.8) is 0 Å². The van der Waals surface area contributed by atoms with E-state index in [1.807, 2.05) is 39.0 Å². The molecule has 0 bridgehead atoms. The molecular formula is C23H25N3O3. The van der Waals surface area contributed by atoms with Crippen molar-refractivity contribution < 1.29 is 14.4 Å². The van der Waals surface area contributed by atoms with E-state index in [1.54, 1.807) is 24.3 Å². The van der Waals surface area contributed by atoms with Gasteiger partial charge in [-0.05, 0) is 61.2 Å². The molecule has 0 fully saturated rings. The van der Waals surface area contributed by atoms with Crippen LogP contribution in [-0.4, -0.2) is 29.2 Å². The largest absolute Gasteiger partial charge is 0.350 e. The van der Waals surface area contributed by atoms with Crippen molar-refractivity contribution in [3.8, 4) is 0 Å². The van der Waals surface area contributed by atoms with Crippen LogP contribution in [0.15, 0.2) is 48.2 Å². The van der Waals surface area contributed by atoms with Crippen molar-refractivity contribution in [2.75, 3.05) is 17.2 Å². The van der Waals surface area contributed by atoms with Gasteiger partial charge in [0.1, 0.15) is 5.70 Å². The topological polar surface area (TPSA) is 78.5 Å². The monoisotopic (exact) mass is 391 g/mol. The highest BCUT2D eigenvalue weighted by molar-refractivity contribution is 6.36. The number of imide groups is 1. The van der Waals surface area contributed by atoms with Crippen molar-refractivity contribution in [1.82, 2.24) is 4.90 Å². The van der Waals surface area contributed by atoms with E-state index in [9.17, 15) is 14.4 Å². The lowest BCUT2D eigenvalue weighted by atomic mass is 10.0. The number of carbonyl (C=O) groups is 3. The average Bonchev–Trinajstić information content (AvgIpc) is 2.90. The third-order valence-electron chi connectivity index (χ3n) is 4.89. The van der Waals surface area contributed by atoms with E-state index in [0.29, 0.717) is 29.8 Å².